The van der Waals surface area contributed by atoms with Crippen LogP contribution in [0.25, 0.3) is 0 Å². The molecule has 0 unspecified atom stereocenters. The first kappa shape index (κ1) is 79.0. The molecule has 14 heteroatoms. The van der Waals surface area contributed by atoms with Crippen molar-refractivity contribution in [3.63, 3.8) is 0 Å². The van der Waals surface area contributed by atoms with Crippen molar-refractivity contribution in [3.05, 3.63) is 337 Å². The van der Waals surface area contributed by atoms with E-state index >= 15 is 0 Å². The maximum Gasteiger partial charge on any atom is 0.127 e. The fourth-order valence-electron chi connectivity index (χ4n) is 12.2. The predicted octanol–water partition coefficient (Wildman–Crippen LogP) is 21.9. The van der Waals surface area contributed by atoms with E-state index in [1.54, 1.807) is 0 Å². The number of hydrogen-bond donors (Lipinski definition) is 0. The van der Waals surface area contributed by atoms with Crippen molar-refractivity contribution in [2.75, 3.05) is 52.9 Å². The summed E-state index contributed by atoms with van der Waals surface area (Å²) in [5.74, 6) is 9.18. The van der Waals surface area contributed by atoms with Crippen LogP contribution in [0.1, 0.15) is 105 Å². The molecule has 0 amide bonds. The smallest absolute Gasteiger partial charge is 0.127 e. The standard InChI is InChI=1S/C97H101O13P/c1-12-34-77(35-13-1)72-106-90-64-86(102-56-27-8-26-52-98-82-48-50-97(51-49-82)111(95-44-22-6-23-45-95)96-46-24-7-25-47-96)63-87(65-90)103-57-31-9-28-53-99-83-60-84(100-54-29-10-32-58-104-88-66-91(107-73-78-36-14-2-15-37-78)70-92(67-88)108-74-79-38-16-3-17-39-79)62-85(61-83)101-55-30-11-33-59-105-89-68-93(109-75-80-40-18-4-19-41-80)71-94(69-89)110-76-81-42-20-5-21-43-81/h1-7,12-25,34-51,60-71H,8-11,26-33,52-59,72-76H2. The van der Waals surface area contributed by atoms with Crippen LogP contribution in [0.5, 0.6) is 74.7 Å². The van der Waals surface area contributed by atoms with Crippen LogP contribution < -0.4 is 77.5 Å². The third-order valence-electron chi connectivity index (χ3n) is 18.1. The SMILES string of the molecule is c1ccc(COc2cc(OCCCCCOc3ccc(P(c4ccccc4)c4ccccc4)cc3)cc(OCCCCCOc3cc(OCCCCCOc4cc(OCc5ccccc5)cc(OCc5ccccc5)c4)cc(OCCCCCOc4cc(OCc5ccccc5)cc(OCc5ccccc5)c4)c3)c2)cc1. The van der Waals surface area contributed by atoms with Gasteiger partial charge in [0.05, 0.1) is 52.9 Å². The fourth-order valence-corrected chi connectivity index (χ4v) is 14.5. The highest BCUT2D eigenvalue weighted by atomic mass is 31.1. The monoisotopic (exact) mass is 1500 g/mol. The normalized spacial score (nSPS) is 11.0. The average Bonchev–Trinajstić information content (AvgIpc) is 0.819. The molecule has 12 aromatic carbocycles. The Labute approximate surface area is 656 Å². The Kier molecular flexibility index (Phi) is 32.4. The summed E-state index contributed by atoms with van der Waals surface area (Å²) in [5.41, 5.74) is 5.40. The maximum absolute atomic E-state index is 6.45. The summed E-state index contributed by atoms with van der Waals surface area (Å²) in [6.45, 7) is 6.48. The highest BCUT2D eigenvalue weighted by molar-refractivity contribution is 7.79. The van der Waals surface area contributed by atoms with Crippen LogP contribution in [-0.2, 0) is 33.0 Å². The third-order valence-corrected chi connectivity index (χ3v) is 20.5. The van der Waals surface area contributed by atoms with E-state index in [-0.39, 0.29) is 0 Å². The molecular formula is C97H101O13P. The van der Waals surface area contributed by atoms with Crippen LogP contribution in [0.15, 0.2) is 309 Å². The molecule has 0 radical (unpaired) electrons. The average molecular weight is 1510 g/mol. The second kappa shape index (κ2) is 45.4. The maximum atomic E-state index is 6.45. The second-order valence-corrected chi connectivity index (χ2v) is 29.2. The van der Waals surface area contributed by atoms with Crippen molar-refractivity contribution in [2.45, 2.75) is 110 Å². The fraction of sp³-hybridized carbons (Fsp3) is 0.258. The quantitative estimate of drug-likeness (QED) is 0.0266. The Hall–Kier alpha value is -11.5. The van der Waals surface area contributed by atoms with Gasteiger partial charge in [-0.2, -0.15) is 0 Å². The summed E-state index contributed by atoms with van der Waals surface area (Å²) in [6, 6.07) is 104. The largest absolute Gasteiger partial charge is 0.494 e. The Morgan fingerprint density at radius 2 is 0.306 bits per heavy atom. The lowest BCUT2D eigenvalue weighted by molar-refractivity contribution is 0.259. The molecule has 0 aliphatic carbocycles. The number of benzene rings is 12. The molecule has 13 nitrogen and oxygen atoms in total. The van der Waals surface area contributed by atoms with Gasteiger partial charge in [-0.3, -0.25) is 0 Å². The van der Waals surface area contributed by atoms with Gasteiger partial charge in [-0.15, -0.1) is 0 Å². The molecule has 0 saturated heterocycles. The van der Waals surface area contributed by atoms with Gasteiger partial charge in [-0.05, 0) is 141 Å². The lowest BCUT2D eigenvalue weighted by Gasteiger charge is -2.19. The number of rotatable bonds is 50. The minimum absolute atomic E-state index is 0.430. The molecular weight excluding hydrogens is 1400 g/mol. The summed E-state index contributed by atoms with van der Waals surface area (Å²) in [5, 5.41) is 3.95. The van der Waals surface area contributed by atoms with Gasteiger partial charge in [0.1, 0.15) is 108 Å². The Balaban J connectivity index is 0.602. The van der Waals surface area contributed by atoms with Gasteiger partial charge in [0.15, 0.2) is 0 Å². The number of hydrogen-bond acceptors (Lipinski definition) is 13. The summed E-state index contributed by atoms with van der Waals surface area (Å²) < 4.78 is 82.2. The first-order valence-electron chi connectivity index (χ1n) is 39.0. The van der Waals surface area contributed by atoms with E-state index < -0.39 is 7.92 Å². The molecule has 0 spiro atoms. The highest BCUT2D eigenvalue weighted by Gasteiger charge is 2.18. The molecule has 0 aliphatic heterocycles. The Morgan fingerprint density at radius 3 is 0.505 bits per heavy atom. The molecule has 111 heavy (non-hydrogen) atoms. The van der Waals surface area contributed by atoms with Crippen molar-refractivity contribution >= 4 is 23.8 Å². The van der Waals surface area contributed by atoms with Crippen LogP contribution in [0.2, 0.25) is 0 Å². The lowest BCUT2D eigenvalue weighted by atomic mass is 10.2. The summed E-state index contributed by atoms with van der Waals surface area (Å²) in [7, 11) is -0.667. The van der Waals surface area contributed by atoms with Crippen molar-refractivity contribution in [1.82, 2.24) is 0 Å². The zero-order valence-corrected chi connectivity index (χ0v) is 64.3. The minimum atomic E-state index is -0.667. The van der Waals surface area contributed by atoms with E-state index in [9.17, 15) is 0 Å². The van der Waals surface area contributed by atoms with Crippen molar-refractivity contribution in [2.24, 2.45) is 0 Å². The minimum Gasteiger partial charge on any atom is -0.494 e. The van der Waals surface area contributed by atoms with Crippen molar-refractivity contribution in [1.29, 1.82) is 0 Å². The molecule has 0 N–H and O–H groups in total. The summed E-state index contributed by atoms with van der Waals surface area (Å²) in [4.78, 5) is 0. The van der Waals surface area contributed by atoms with Gasteiger partial charge in [0.25, 0.3) is 0 Å². The van der Waals surface area contributed by atoms with E-state index in [4.69, 9.17) is 61.6 Å². The Bertz CT molecular complexity index is 4230. The van der Waals surface area contributed by atoms with Crippen LogP contribution in [0.4, 0.5) is 0 Å². The van der Waals surface area contributed by atoms with Gasteiger partial charge < -0.3 is 61.6 Å². The van der Waals surface area contributed by atoms with Gasteiger partial charge in [0.2, 0.25) is 0 Å². The zero-order valence-electron chi connectivity index (χ0n) is 63.4. The summed E-state index contributed by atoms with van der Waals surface area (Å²) in [6.07, 6.45) is 10.4. The molecule has 0 fully saturated rings. The van der Waals surface area contributed by atoms with Gasteiger partial charge in [-0.1, -0.05) is 224 Å². The second-order valence-electron chi connectivity index (χ2n) is 27.0. The molecule has 0 saturated carbocycles. The molecule has 12 aromatic rings. The zero-order chi connectivity index (χ0) is 75.6. The van der Waals surface area contributed by atoms with E-state index in [1.165, 1.54) is 15.9 Å². The lowest BCUT2D eigenvalue weighted by Crippen LogP contribution is -2.20. The van der Waals surface area contributed by atoms with Crippen LogP contribution in [-0.4, -0.2) is 52.9 Å². The van der Waals surface area contributed by atoms with E-state index in [1.807, 2.05) is 164 Å². The molecule has 0 aromatic heterocycles. The van der Waals surface area contributed by atoms with Gasteiger partial charge in [0, 0.05) is 72.8 Å². The van der Waals surface area contributed by atoms with Gasteiger partial charge >= 0.3 is 0 Å². The number of unbranched alkanes of at least 4 members (excludes halogenated alkanes) is 8. The van der Waals surface area contributed by atoms with Crippen molar-refractivity contribution in [3.8, 4) is 74.7 Å². The summed E-state index contributed by atoms with van der Waals surface area (Å²) >= 11 is 0. The first-order valence-corrected chi connectivity index (χ1v) is 40.3. The Morgan fingerprint density at radius 1 is 0.144 bits per heavy atom. The van der Waals surface area contributed by atoms with Crippen LogP contribution >= 0.6 is 7.92 Å². The molecule has 0 atom stereocenters. The molecule has 572 valence electrons. The van der Waals surface area contributed by atoms with Crippen LogP contribution in [0, 0.1) is 0 Å². The topological polar surface area (TPSA) is 120 Å². The van der Waals surface area contributed by atoms with Crippen LogP contribution in [0.3, 0.4) is 0 Å². The van der Waals surface area contributed by atoms with E-state index in [0.29, 0.717) is 155 Å². The molecule has 0 heterocycles. The van der Waals surface area contributed by atoms with E-state index in [0.717, 1.165) is 111 Å². The molecule has 12 rings (SSSR count). The highest BCUT2D eigenvalue weighted by Crippen LogP contribution is 2.36. The first-order chi connectivity index (χ1) is 55.0. The number of ether oxygens (including phenoxy) is 13. The third kappa shape index (κ3) is 28.5. The molecule has 0 aliphatic rings. The van der Waals surface area contributed by atoms with E-state index in [2.05, 4.69) is 146 Å². The van der Waals surface area contributed by atoms with Gasteiger partial charge in [-0.25, -0.2) is 0 Å². The molecule has 0 bridgehead atoms. The predicted molar refractivity (Wildman–Crippen MR) is 444 cm³/mol. The van der Waals surface area contributed by atoms with Crippen molar-refractivity contribution < 1.29 is 61.6 Å².